The standard InChI is InChI=1S/C15H13BrF4N4/c1-7(2)13(15(18,19)20)24-14(22)10(6-21)12(23-24)9-4-3-8(17)5-11(9)16/h3-5,7,13H,22H2,1-2H3. The van der Waals surface area contributed by atoms with Gasteiger partial charge in [-0.1, -0.05) is 13.8 Å². The molecule has 0 saturated carbocycles. The van der Waals surface area contributed by atoms with E-state index < -0.39 is 24.0 Å². The van der Waals surface area contributed by atoms with Crippen LogP contribution < -0.4 is 5.73 Å². The minimum atomic E-state index is -4.58. The van der Waals surface area contributed by atoms with Gasteiger partial charge in [0.15, 0.2) is 6.04 Å². The van der Waals surface area contributed by atoms with E-state index in [2.05, 4.69) is 21.0 Å². The molecule has 1 heterocycles. The first-order valence-electron chi connectivity index (χ1n) is 6.88. The average Bonchev–Trinajstić information content (AvgIpc) is 2.73. The zero-order valence-corrected chi connectivity index (χ0v) is 14.3. The number of rotatable bonds is 3. The summed E-state index contributed by atoms with van der Waals surface area (Å²) in [7, 11) is 0. The van der Waals surface area contributed by atoms with E-state index in [9.17, 15) is 22.8 Å². The Labute approximate surface area is 144 Å². The van der Waals surface area contributed by atoms with E-state index in [1.807, 2.05) is 0 Å². The molecule has 0 bridgehead atoms. The first-order chi connectivity index (χ1) is 11.1. The van der Waals surface area contributed by atoms with Crippen LogP contribution >= 0.6 is 15.9 Å². The maximum atomic E-state index is 13.4. The van der Waals surface area contributed by atoms with E-state index in [1.54, 1.807) is 6.07 Å². The van der Waals surface area contributed by atoms with E-state index in [-0.39, 0.29) is 27.1 Å². The van der Waals surface area contributed by atoms with Crippen molar-refractivity contribution in [1.29, 1.82) is 5.26 Å². The van der Waals surface area contributed by atoms with Gasteiger partial charge in [0.25, 0.3) is 0 Å². The second-order valence-corrected chi connectivity index (χ2v) is 6.37. The Morgan fingerprint density at radius 3 is 2.42 bits per heavy atom. The van der Waals surface area contributed by atoms with Gasteiger partial charge in [0, 0.05) is 10.0 Å². The molecule has 1 unspecified atom stereocenters. The fraction of sp³-hybridized carbons (Fsp3) is 0.333. The monoisotopic (exact) mass is 404 g/mol. The van der Waals surface area contributed by atoms with E-state index in [1.165, 1.54) is 19.9 Å². The number of nitriles is 1. The highest BCUT2D eigenvalue weighted by Crippen LogP contribution is 2.40. The Morgan fingerprint density at radius 2 is 1.96 bits per heavy atom. The van der Waals surface area contributed by atoms with Gasteiger partial charge in [-0.25, -0.2) is 9.07 Å². The predicted octanol–water partition coefficient (Wildman–Crippen LogP) is 4.66. The number of benzene rings is 1. The van der Waals surface area contributed by atoms with Gasteiger partial charge in [0.2, 0.25) is 0 Å². The summed E-state index contributed by atoms with van der Waals surface area (Å²) < 4.78 is 54.2. The summed E-state index contributed by atoms with van der Waals surface area (Å²) in [5, 5.41) is 13.2. The summed E-state index contributed by atoms with van der Waals surface area (Å²) in [6, 6.07) is 3.39. The molecule has 2 aromatic rings. The molecule has 0 amide bonds. The van der Waals surface area contributed by atoms with E-state index in [0.717, 1.165) is 12.1 Å². The molecule has 0 radical (unpaired) electrons. The molecule has 4 nitrogen and oxygen atoms in total. The summed E-state index contributed by atoms with van der Waals surface area (Å²) >= 11 is 3.12. The Kier molecular flexibility index (Phi) is 4.90. The fourth-order valence-corrected chi connectivity index (χ4v) is 2.98. The number of anilines is 1. The van der Waals surface area contributed by atoms with Crippen LogP contribution in [0.1, 0.15) is 25.5 Å². The van der Waals surface area contributed by atoms with Crippen LogP contribution in [-0.4, -0.2) is 16.0 Å². The van der Waals surface area contributed by atoms with Crippen molar-refractivity contribution in [2.24, 2.45) is 5.92 Å². The maximum Gasteiger partial charge on any atom is 0.411 e. The molecule has 2 rings (SSSR count). The second-order valence-electron chi connectivity index (χ2n) is 5.52. The van der Waals surface area contributed by atoms with Gasteiger partial charge in [-0.2, -0.15) is 23.5 Å². The number of nitrogens with two attached hydrogens (primary N) is 1. The molecule has 0 saturated heterocycles. The van der Waals surface area contributed by atoms with Crippen LogP contribution in [0, 0.1) is 23.1 Å². The number of aromatic nitrogens is 2. The van der Waals surface area contributed by atoms with Gasteiger partial charge in [-0.05, 0) is 40.0 Å². The molecule has 2 N–H and O–H groups in total. The van der Waals surface area contributed by atoms with E-state index in [4.69, 9.17) is 5.73 Å². The summed E-state index contributed by atoms with van der Waals surface area (Å²) in [4.78, 5) is 0. The van der Waals surface area contributed by atoms with Gasteiger partial charge >= 0.3 is 6.18 Å². The van der Waals surface area contributed by atoms with Crippen LogP contribution in [0.2, 0.25) is 0 Å². The lowest BCUT2D eigenvalue weighted by Crippen LogP contribution is -2.32. The molecule has 0 aliphatic heterocycles. The Bertz CT molecular complexity index is 805. The minimum Gasteiger partial charge on any atom is -0.383 e. The Balaban J connectivity index is 2.71. The predicted molar refractivity (Wildman–Crippen MR) is 84.4 cm³/mol. The van der Waals surface area contributed by atoms with Crippen molar-refractivity contribution in [3.63, 3.8) is 0 Å². The molecular weight excluding hydrogens is 392 g/mol. The van der Waals surface area contributed by atoms with Crippen molar-refractivity contribution in [2.45, 2.75) is 26.1 Å². The van der Waals surface area contributed by atoms with Crippen LogP contribution in [0.25, 0.3) is 11.3 Å². The van der Waals surface area contributed by atoms with Crippen LogP contribution in [0.5, 0.6) is 0 Å². The molecule has 0 aliphatic rings. The molecule has 1 aromatic carbocycles. The largest absolute Gasteiger partial charge is 0.411 e. The van der Waals surface area contributed by atoms with Crippen LogP contribution in [0.4, 0.5) is 23.4 Å². The smallest absolute Gasteiger partial charge is 0.383 e. The average molecular weight is 405 g/mol. The van der Waals surface area contributed by atoms with Crippen molar-refractivity contribution < 1.29 is 17.6 Å². The molecule has 1 atom stereocenters. The third kappa shape index (κ3) is 3.24. The number of hydrogen-bond acceptors (Lipinski definition) is 3. The van der Waals surface area contributed by atoms with E-state index >= 15 is 0 Å². The van der Waals surface area contributed by atoms with Crippen LogP contribution in [0.15, 0.2) is 22.7 Å². The number of hydrogen-bond donors (Lipinski definition) is 1. The molecule has 24 heavy (non-hydrogen) atoms. The Morgan fingerprint density at radius 1 is 1.33 bits per heavy atom. The van der Waals surface area contributed by atoms with E-state index in [0.29, 0.717) is 4.68 Å². The van der Waals surface area contributed by atoms with Gasteiger partial charge in [0.1, 0.15) is 29.0 Å². The molecule has 0 spiro atoms. The summed E-state index contributed by atoms with van der Waals surface area (Å²) in [6.45, 7) is 2.78. The number of nitrogens with zero attached hydrogens (tertiary/aromatic N) is 3. The topological polar surface area (TPSA) is 67.6 Å². The minimum absolute atomic E-state index is 0.0308. The summed E-state index contributed by atoms with van der Waals surface area (Å²) in [5.41, 5.74) is 5.82. The van der Waals surface area contributed by atoms with Crippen molar-refractivity contribution in [3.05, 3.63) is 34.1 Å². The highest BCUT2D eigenvalue weighted by atomic mass is 79.9. The highest BCUT2D eigenvalue weighted by Gasteiger charge is 2.45. The molecule has 0 fully saturated rings. The maximum absolute atomic E-state index is 13.4. The Hall–Kier alpha value is -2.08. The zero-order chi connectivity index (χ0) is 18.2. The normalized spacial score (nSPS) is 13.1. The SMILES string of the molecule is CC(C)C(n1nc(-c2ccc(F)cc2Br)c(C#N)c1N)C(F)(F)F. The van der Waals surface area contributed by atoms with Gasteiger partial charge in [-0.3, -0.25) is 0 Å². The quantitative estimate of drug-likeness (QED) is 0.756. The van der Waals surface area contributed by atoms with Gasteiger partial charge in [-0.15, -0.1) is 0 Å². The third-order valence-corrected chi connectivity index (χ3v) is 4.13. The van der Waals surface area contributed by atoms with Crippen molar-refractivity contribution in [3.8, 4) is 17.3 Å². The second kappa shape index (κ2) is 6.43. The van der Waals surface area contributed by atoms with Crippen LogP contribution in [0.3, 0.4) is 0 Å². The number of halogens is 5. The third-order valence-electron chi connectivity index (χ3n) is 3.48. The molecule has 9 heteroatoms. The number of nitrogen functional groups attached to an aromatic ring is 1. The first kappa shape index (κ1) is 18.3. The van der Waals surface area contributed by atoms with Crippen molar-refractivity contribution in [1.82, 2.24) is 9.78 Å². The zero-order valence-electron chi connectivity index (χ0n) is 12.7. The lowest BCUT2D eigenvalue weighted by Gasteiger charge is -2.25. The molecule has 128 valence electrons. The van der Waals surface area contributed by atoms with Gasteiger partial charge in [0.05, 0.1) is 0 Å². The summed E-state index contributed by atoms with van der Waals surface area (Å²) in [5.74, 6) is -1.75. The van der Waals surface area contributed by atoms with Gasteiger partial charge < -0.3 is 5.73 Å². The fourth-order valence-electron chi connectivity index (χ4n) is 2.44. The van der Waals surface area contributed by atoms with Crippen molar-refractivity contribution >= 4 is 21.7 Å². The lowest BCUT2D eigenvalue weighted by molar-refractivity contribution is -0.180. The first-order valence-corrected chi connectivity index (χ1v) is 7.67. The summed E-state index contributed by atoms with van der Waals surface area (Å²) in [6.07, 6.45) is -4.58. The number of alkyl halides is 3. The lowest BCUT2D eigenvalue weighted by atomic mass is 10.0. The molecular formula is C15H13BrF4N4. The van der Waals surface area contributed by atoms with Crippen molar-refractivity contribution in [2.75, 3.05) is 5.73 Å². The molecule has 1 aromatic heterocycles. The molecule has 0 aliphatic carbocycles. The highest BCUT2D eigenvalue weighted by molar-refractivity contribution is 9.10. The van der Waals surface area contributed by atoms with Crippen LogP contribution in [-0.2, 0) is 0 Å².